The van der Waals surface area contributed by atoms with Crippen LogP contribution in [0.5, 0.6) is 5.75 Å². The van der Waals surface area contributed by atoms with Crippen molar-refractivity contribution >= 4 is 5.97 Å². The summed E-state index contributed by atoms with van der Waals surface area (Å²) >= 11 is 0. The maximum Gasteiger partial charge on any atom is 0.308 e. The number of methoxy groups -OCH3 is 2. The van der Waals surface area contributed by atoms with Crippen molar-refractivity contribution in [2.75, 3.05) is 20.8 Å². The maximum atomic E-state index is 11.7. The van der Waals surface area contributed by atoms with Crippen LogP contribution in [0.1, 0.15) is 24.8 Å². The lowest BCUT2D eigenvalue weighted by atomic mass is 9.88. The van der Waals surface area contributed by atoms with E-state index < -0.39 is 6.10 Å². The first kappa shape index (κ1) is 18.9. The number of rotatable bonds is 6. The van der Waals surface area contributed by atoms with E-state index in [4.69, 9.17) is 23.7 Å². The Morgan fingerprint density at radius 2 is 2.04 bits per heavy atom. The zero-order valence-electron chi connectivity index (χ0n) is 15.3. The van der Waals surface area contributed by atoms with Gasteiger partial charge in [-0.05, 0) is 36.1 Å². The largest absolute Gasteiger partial charge is 0.497 e. The lowest BCUT2D eigenvalue weighted by Gasteiger charge is -2.45. The Bertz CT molecular complexity index is 626. The molecule has 26 heavy (non-hydrogen) atoms. The summed E-state index contributed by atoms with van der Waals surface area (Å²) < 4.78 is 28.1. The molecule has 0 bridgehead atoms. The summed E-state index contributed by atoms with van der Waals surface area (Å²) in [4.78, 5) is 11.7. The molecule has 0 radical (unpaired) electrons. The van der Waals surface area contributed by atoms with Gasteiger partial charge < -0.3 is 23.7 Å². The van der Waals surface area contributed by atoms with Gasteiger partial charge in [-0.15, -0.1) is 0 Å². The van der Waals surface area contributed by atoms with E-state index in [1.165, 1.54) is 7.11 Å². The summed E-state index contributed by atoms with van der Waals surface area (Å²) in [7, 11) is 3.01. The van der Waals surface area contributed by atoms with E-state index in [-0.39, 0.29) is 30.7 Å². The van der Waals surface area contributed by atoms with Gasteiger partial charge in [0.15, 0.2) is 0 Å². The second-order valence-corrected chi connectivity index (χ2v) is 6.58. The molecule has 0 spiro atoms. The first-order valence-corrected chi connectivity index (χ1v) is 8.89. The molecule has 142 valence electrons. The minimum atomic E-state index is -0.411. The van der Waals surface area contributed by atoms with Crippen LogP contribution in [0.2, 0.25) is 0 Å². The highest BCUT2D eigenvalue weighted by Gasteiger charge is 2.44. The zero-order chi connectivity index (χ0) is 18.5. The smallest absolute Gasteiger partial charge is 0.308 e. The normalized spacial score (nSPS) is 28.3. The van der Waals surface area contributed by atoms with Gasteiger partial charge in [0.2, 0.25) is 0 Å². The van der Waals surface area contributed by atoms with Crippen molar-refractivity contribution in [3.8, 4) is 5.75 Å². The third-order valence-electron chi connectivity index (χ3n) is 4.89. The Morgan fingerprint density at radius 3 is 2.73 bits per heavy atom. The summed E-state index contributed by atoms with van der Waals surface area (Å²) in [5, 5.41) is 0. The van der Waals surface area contributed by atoms with Gasteiger partial charge in [0.1, 0.15) is 18.0 Å². The second-order valence-electron chi connectivity index (χ2n) is 6.58. The van der Waals surface area contributed by atoms with Gasteiger partial charge in [-0.25, -0.2) is 0 Å². The first-order valence-electron chi connectivity index (χ1n) is 8.89. The van der Waals surface area contributed by atoms with Gasteiger partial charge in [-0.2, -0.15) is 0 Å². The number of carbonyl (C=O) groups excluding carboxylic acids is 1. The monoisotopic (exact) mass is 362 g/mol. The van der Waals surface area contributed by atoms with E-state index in [0.717, 1.165) is 29.7 Å². The summed E-state index contributed by atoms with van der Waals surface area (Å²) in [5.41, 5.74) is 1.76. The topological polar surface area (TPSA) is 63.2 Å². The Labute approximate surface area is 154 Å². The van der Waals surface area contributed by atoms with E-state index in [0.29, 0.717) is 13.2 Å². The van der Waals surface area contributed by atoms with E-state index in [1.54, 1.807) is 7.11 Å². The fourth-order valence-corrected chi connectivity index (χ4v) is 3.42. The molecule has 1 aromatic rings. The van der Waals surface area contributed by atoms with Crippen molar-refractivity contribution in [3.05, 3.63) is 42.0 Å². The Balaban J connectivity index is 1.70. The number of esters is 1. The van der Waals surface area contributed by atoms with E-state index in [2.05, 4.69) is 6.58 Å². The lowest BCUT2D eigenvalue weighted by Crippen LogP contribution is -2.54. The zero-order valence-corrected chi connectivity index (χ0v) is 15.3. The number of ether oxygens (including phenoxy) is 5. The van der Waals surface area contributed by atoms with Crippen molar-refractivity contribution in [2.24, 2.45) is 0 Å². The molecule has 2 heterocycles. The molecule has 4 atom stereocenters. The molecule has 2 fully saturated rings. The third-order valence-corrected chi connectivity index (χ3v) is 4.89. The van der Waals surface area contributed by atoms with Gasteiger partial charge in [0.05, 0.1) is 39.5 Å². The predicted octanol–water partition coefficient (Wildman–Crippen LogP) is 2.65. The number of hydrogen-bond donors (Lipinski definition) is 0. The minimum absolute atomic E-state index is 0.0928. The van der Waals surface area contributed by atoms with Crippen molar-refractivity contribution in [2.45, 2.75) is 50.3 Å². The van der Waals surface area contributed by atoms with Crippen LogP contribution in [0.3, 0.4) is 0 Å². The van der Waals surface area contributed by atoms with Gasteiger partial charge in [0.25, 0.3) is 0 Å². The van der Waals surface area contributed by atoms with E-state index in [1.807, 2.05) is 24.3 Å². The van der Waals surface area contributed by atoms with Crippen molar-refractivity contribution in [3.63, 3.8) is 0 Å². The van der Waals surface area contributed by atoms with Crippen LogP contribution in [0.25, 0.3) is 0 Å². The average molecular weight is 362 g/mol. The summed E-state index contributed by atoms with van der Waals surface area (Å²) in [6.07, 6.45) is 0.952. The fourth-order valence-electron chi connectivity index (χ4n) is 3.42. The molecular weight excluding hydrogens is 336 g/mol. The summed E-state index contributed by atoms with van der Waals surface area (Å²) in [6.45, 7) is 5.24. The average Bonchev–Trinajstić information content (AvgIpc) is 2.68. The Morgan fingerprint density at radius 1 is 1.27 bits per heavy atom. The van der Waals surface area contributed by atoms with Gasteiger partial charge >= 0.3 is 5.97 Å². The quantitative estimate of drug-likeness (QED) is 0.573. The van der Waals surface area contributed by atoms with Crippen LogP contribution in [0.4, 0.5) is 0 Å². The van der Waals surface area contributed by atoms with Crippen LogP contribution in [-0.2, 0) is 30.3 Å². The maximum absolute atomic E-state index is 11.7. The summed E-state index contributed by atoms with van der Waals surface area (Å²) in [5.74, 6) is 0.485. The molecule has 0 unspecified atom stereocenters. The SMILES string of the molecule is C=C1[C@@H](OCc2ccc(OC)cc2)[C@H]2OCCC[C@@H]2O[C@@H]1CC(=O)OC. The summed E-state index contributed by atoms with van der Waals surface area (Å²) in [6, 6.07) is 7.73. The molecule has 0 N–H and O–H groups in total. The number of fused-ring (bicyclic) bond motifs is 1. The fraction of sp³-hybridized carbons (Fsp3) is 0.550. The van der Waals surface area contributed by atoms with Crippen LogP contribution >= 0.6 is 0 Å². The van der Waals surface area contributed by atoms with Crippen molar-refractivity contribution < 1.29 is 28.5 Å². The minimum Gasteiger partial charge on any atom is -0.497 e. The third kappa shape index (κ3) is 4.26. The Hall–Kier alpha value is -1.89. The molecule has 0 amide bonds. The van der Waals surface area contributed by atoms with Crippen LogP contribution in [0, 0.1) is 0 Å². The molecule has 0 aromatic heterocycles. The van der Waals surface area contributed by atoms with E-state index in [9.17, 15) is 4.79 Å². The highest BCUT2D eigenvalue weighted by Crippen LogP contribution is 2.35. The van der Waals surface area contributed by atoms with Crippen LogP contribution < -0.4 is 4.74 Å². The molecule has 0 aliphatic carbocycles. The molecule has 6 nitrogen and oxygen atoms in total. The highest BCUT2D eigenvalue weighted by atomic mass is 16.6. The highest BCUT2D eigenvalue weighted by molar-refractivity contribution is 5.70. The second kappa shape index (κ2) is 8.66. The van der Waals surface area contributed by atoms with Gasteiger partial charge in [-0.3, -0.25) is 4.79 Å². The first-order chi connectivity index (χ1) is 12.6. The van der Waals surface area contributed by atoms with Gasteiger partial charge in [0, 0.05) is 6.61 Å². The predicted molar refractivity (Wildman–Crippen MR) is 95.0 cm³/mol. The van der Waals surface area contributed by atoms with Crippen molar-refractivity contribution in [1.29, 1.82) is 0 Å². The molecule has 3 rings (SSSR count). The molecule has 2 aliphatic rings. The number of benzene rings is 1. The molecule has 2 saturated heterocycles. The molecule has 0 saturated carbocycles. The van der Waals surface area contributed by atoms with Crippen LogP contribution in [0.15, 0.2) is 36.4 Å². The number of carbonyl (C=O) groups is 1. The molecular formula is C20H26O6. The standard InChI is InChI=1S/C20H26O6/c1-13-17(11-18(21)23-3)26-16-5-4-10-24-20(16)19(13)25-12-14-6-8-15(22-2)9-7-14/h6-9,16-17,19-20H,1,4-5,10-12H2,2-3H3/t16-,17+,19+,20-/m0/s1. The van der Waals surface area contributed by atoms with E-state index >= 15 is 0 Å². The van der Waals surface area contributed by atoms with Crippen molar-refractivity contribution in [1.82, 2.24) is 0 Å². The lowest BCUT2D eigenvalue weighted by molar-refractivity contribution is -0.198. The number of hydrogen-bond acceptors (Lipinski definition) is 6. The van der Waals surface area contributed by atoms with Gasteiger partial charge in [-0.1, -0.05) is 18.7 Å². The molecule has 1 aromatic carbocycles. The molecule has 2 aliphatic heterocycles. The Kier molecular flexibility index (Phi) is 6.29. The van der Waals surface area contributed by atoms with Crippen LogP contribution in [-0.4, -0.2) is 51.2 Å². The molecule has 6 heteroatoms.